The van der Waals surface area contributed by atoms with Gasteiger partial charge in [-0.25, -0.2) is 4.98 Å². The van der Waals surface area contributed by atoms with E-state index in [2.05, 4.69) is 9.97 Å². The van der Waals surface area contributed by atoms with Gasteiger partial charge in [0.2, 0.25) is 0 Å². The minimum Gasteiger partial charge on any atom is -0.482 e. The highest BCUT2D eigenvalue weighted by atomic mass is 16.5. The number of aromatic nitrogens is 2. The molecule has 0 spiro atoms. The molecule has 0 radical (unpaired) electrons. The number of aromatic amines is 1. The lowest BCUT2D eigenvalue weighted by atomic mass is 10.1. The van der Waals surface area contributed by atoms with Crippen molar-refractivity contribution in [1.29, 1.82) is 0 Å². The SMILES string of the molecule is Cc1c(N)nc(C2Cc3ccccc3O2)[nH]c1=O. The lowest BCUT2D eigenvalue weighted by Crippen LogP contribution is -2.20. The topological polar surface area (TPSA) is 81.0 Å². The number of nitrogens with two attached hydrogens (primary N) is 1. The Balaban J connectivity index is 1.98. The van der Waals surface area contributed by atoms with Gasteiger partial charge in [0.15, 0.2) is 11.9 Å². The van der Waals surface area contributed by atoms with Gasteiger partial charge < -0.3 is 15.5 Å². The third-order valence-electron chi connectivity index (χ3n) is 3.16. The zero-order valence-corrected chi connectivity index (χ0v) is 9.93. The summed E-state index contributed by atoms with van der Waals surface area (Å²) >= 11 is 0. The molecule has 1 unspecified atom stereocenters. The van der Waals surface area contributed by atoms with Crippen molar-refractivity contribution in [3.8, 4) is 5.75 Å². The van der Waals surface area contributed by atoms with Crippen LogP contribution in [0.15, 0.2) is 29.1 Å². The zero-order chi connectivity index (χ0) is 12.7. The first-order chi connectivity index (χ1) is 8.65. The second-order valence-electron chi connectivity index (χ2n) is 4.38. The van der Waals surface area contributed by atoms with E-state index >= 15 is 0 Å². The maximum Gasteiger partial charge on any atom is 0.256 e. The lowest BCUT2D eigenvalue weighted by molar-refractivity contribution is 0.227. The van der Waals surface area contributed by atoms with Gasteiger partial charge in [0.05, 0.1) is 5.56 Å². The number of nitrogen functional groups attached to an aromatic ring is 1. The summed E-state index contributed by atoms with van der Waals surface area (Å²) in [7, 11) is 0. The van der Waals surface area contributed by atoms with Crippen LogP contribution >= 0.6 is 0 Å². The molecule has 2 heterocycles. The number of nitrogens with zero attached hydrogens (tertiary/aromatic N) is 1. The molecule has 92 valence electrons. The molecule has 3 N–H and O–H groups in total. The summed E-state index contributed by atoms with van der Waals surface area (Å²) in [5.74, 6) is 1.58. The molecule has 0 saturated heterocycles. The maximum absolute atomic E-state index is 11.7. The van der Waals surface area contributed by atoms with Crippen LogP contribution in [0.2, 0.25) is 0 Å². The molecule has 5 nitrogen and oxygen atoms in total. The summed E-state index contributed by atoms with van der Waals surface area (Å²) in [6.07, 6.45) is 0.430. The van der Waals surface area contributed by atoms with E-state index < -0.39 is 0 Å². The van der Waals surface area contributed by atoms with E-state index in [4.69, 9.17) is 10.5 Å². The summed E-state index contributed by atoms with van der Waals surface area (Å²) in [4.78, 5) is 18.6. The predicted molar refractivity (Wildman–Crippen MR) is 67.5 cm³/mol. The number of nitrogens with one attached hydrogen (secondary N) is 1. The molecule has 0 aliphatic carbocycles. The van der Waals surface area contributed by atoms with Gasteiger partial charge >= 0.3 is 0 Å². The Labute approximate surface area is 104 Å². The molecule has 18 heavy (non-hydrogen) atoms. The Morgan fingerprint density at radius 1 is 1.44 bits per heavy atom. The molecule has 2 aromatic rings. The highest BCUT2D eigenvalue weighted by Crippen LogP contribution is 2.34. The van der Waals surface area contributed by atoms with Crippen molar-refractivity contribution in [1.82, 2.24) is 9.97 Å². The smallest absolute Gasteiger partial charge is 0.256 e. The number of fused-ring (bicyclic) bond motifs is 1. The third-order valence-corrected chi connectivity index (χ3v) is 3.16. The highest BCUT2D eigenvalue weighted by Gasteiger charge is 2.26. The first-order valence-corrected chi connectivity index (χ1v) is 5.76. The number of ether oxygens (including phenoxy) is 1. The molecule has 0 amide bonds. The molecule has 1 aliphatic rings. The summed E-state index contributed by atoms with van der Waals surface area (Å²) in [5.41, 5.74) is 7.05. The fourth-order valence-corrected chi connectivity index (χ4v) is 2.06. The van der Waals surface area contributed by atoms with Crippen molar-refractivity contribution in [2.75, 3.05) is 5.73 Å². The first kappa shape index (κ1) is 10.8. The van der Waals surface area contributed by atoms with Crippen LogP contribution in [0.5, 0.6) is 5.75 Å². The molecular weight excluding hydrogens is 230 g/mol. The highest BCUT2D eigenvalue weighted by molar-refractivity contribution is 5.40. The van der Waals surface area contributed by atoms with Crippen LogP contribution in [0, 0.1) is 6.92 Å². The van der Waals surface area contributed by atoms with E-state index in [9.17, 15) is 4.79 Å². The van der Waals surface area contributed by atoms with Crippen LogP contribution in [-0.4, -0.2) is 9.97 Å². The summed E-state index contributed by atoms with van der Waals surface area (Å²) in [6, 6.07) is 7.79. The molecule has 0 fully saturated rings. The van der Waals surface area contributed by atoms with Crippen molar-refractivity contribution >= 4 is 5.82 Å². The van der Waals surface area contributed by atoms with Gasteiger partial charge in [-0.2, -0.15) is 0 Å². The van der Waals surface area contributed by atoms with E-state index in [-0.39, 0.29) is 17.5 Å². The molecule has 3 rings (SSSR count). The Kier molecular flexibility index (Phi) is 2.33. The Bertz CT molecular complexity index is 639. The fraction of sp³-hybridized carbons (Fsp3) is 0.231. The van der Waals surface area contributed by atoms with Gasteiger partial charge in [-0.05, 0) is 18.6 Å². The monoisotopic (exact) mass is 243 g/mol. The van der Waals surface area contributed by atoms with Crippen molar-refractivity contribution < 1.29 is 4.74 Å². The zero-order valence-electron chi connectivity index (χ0n) is 9.93. The molecule has 1 aliphatic heterocycles. The summed E-state index contributed by atoms with van der Waals surface area (Å²) in [5, 5.41) is 0. The quantitative estimate of drug-likeness (QED) is 0.791. The number of anilines is 1. The van der Waals surface area contributed by atoms with Gasteiger partial charge in [0, 0.05) is 6.42 Å². The first-order valence-electron chi connectivity index (χ1n) is 5.76. The van der Waals surface area contributed by atoms with Crippen LogP contribution in [0.25, 0.3) is 0 Å². The number of H-pyrrole nitrogens is 1. The maximum atomic E-state index is 11.7. The Morgan fingerprint density at radius 3 is 2.94 bits per heavy atom. The molecule has 1 aromatic carbocycles. The van der Waals surface area contributed by atoms with Gasteiger partial charge in [0.25, 0.3) is 5.56 Å². The second kappa shape index (κ2) is 3.87. The lowest BCUT2D eigenvalue weighted by Gasteiger charge is -2.10. The van der Waals surface area contributed by atoms with Gasteiger partial charge in [0.1, 0.15) is 11.6 Å². The number of hydrogen-bond donors (Lipinski definition) is 2. The normalized spacial score (nSPS) is 17.3. The van der Waals surface area contributed by atoms with Crippen molar-refractivity contribution in [2.45, 2.75) is 19.4 Å². The average molecular weight is 243 g/mol. The fourth-order valence-electron chi connectivity index (χ4n) is 2.06. The standard InChI is InChI=1S/C13H13N3O2/c1-7-11(14)15-12(16-13(7)17)10-6-8-4-2-3-5-9(8)18-10/h2-5,10H,6H2,1H3,(H3,14,15,16,17). The summed E-state index contributed by atoms with van der Waals surface area (Å²) in [6.45, 7) is 1.65. The molecule has 0 saturated carbocycles. The Hall–Kier alpha value is -2.30. The van der Waals surface area contributed by atoms with Crippen LogP contribution < -0.4 is 16.0 Å². The van der Waals surface area contributed by atoms with E-state index in [0.717, 1.165) is 11.3 Å². The van der Waals surface area contributed by atoms with Crippen molar-refractivity contribution in [3.63, 3.8) is 0 Å². The summed E-state index contributed by atoms with van der Waals surface area (Å²) < 4.78 is 5.75. The molecular formula is C13H13N3O2. The minimum absolute atomic E-state index is 0.211. The third kappa shape index (κ3) is 1.64. The largest absolute Gasteiger partial charge is 0.482 e. The molecule has 1 atom stereocenters. The average Bonchev–Trinajstić information content (AvgIpc) is 2.79. The molecule has 0 bridgehead atoms. The van der Waals surface area contributed by atoms with E-state index in [1.165, 1.54) is 0 Å². The predicted octanol–water partition coefficient (Wildman–Crippen LogP) is 1.34. The van der Waals surface area contributed by atoms with Crippen LogP contribution in [0.1, 0.15) is 23.1 Å². The Morgan fingerprint density at radius 2 is 2.22 bits per heavy atom. The number of para-hydroxylation sites is 1. The van der Waals surface area contributed by atoms with Crippen LogP contribution in [0.3, 0.4) is 0 Å². The van der Waals surface area contributed by atoms with E-state index in [0.29, 0.717) is 17.8 Å². The van der Waals surface area contributed by atoms with Gasteiger partial charge in [-0.15, -0.1) is 0 Å². The second-order valence-corrected chi connectivity index (χ2v) is 4.38. The van der Waals surface area contributed by atoms with Gasteiger partial charge in [-0.3, -0.25) is 4.79 Å². The number of hydrogen-bond acceptors (Lipinski definition) is 4. The minimum atomic E-state index is -0.266. The molecule has 1 aromatic heterocycles. The van der Waals surface area contributed by atoms with Gasteiger partial charge in [-0.1, -0.05) is 18.2 Å². The van der Waals surface area contributed by atoms with Crippen LogP contribution in [0.4, 0.5) is 5.82 Å². The number of rotatable bonds is 1. The number of benzene rings is 1. The molecule has 5 heteroatoms. The van der Waals surface area contributed by atoms with Crippen LogP contribution in [-0.2, 0) is 6.42 Å². The van der Waals surface area contributed by atoms with Crippen molar-refractivity contribution in [3.05, 3.63) is 51.6 Å². The van der Waals surface area contributed by atoms with E-state index in [1.807, 2.05) is 24.3 Å². The van der Waals surface area contributed by atoms with Crippen molar-refractivity contribution in [2.24, 2.45) is 0 Å². The van der Waals surface area contributed by atoms with E-state index in [1.54, 1.807) is 6.92 Å².